The van der Waals surface area contributed by atoms with Crippen molar-refractivity contribution in [2.24, 2.45) is 4.99 Å². The highest BCUT2D eigenvalue weighted by atomic mass is 16.1. The lowest BCUT2D eigenvalue weighted by Gasteiger charge is -2.15. The number of aliphatic imine (C=N–C) groups is 1. The van der Waals surface area contributed by atoms with Crippen LogP contribution < -0.4 is 0 Å². The second kappa shape index (κ2) is 7.34. The standard InChI is InChI=1S/C24H16NO2/c26-23-16-22(24(27)20-12-6-5-11-19(20)23)25-21-13-7-4-10-18(21)15-14-17-8-2-1-3-9-17/h1-16H/b15-14+,25-22?. The summed E-state index contributed by atoms with van der Waals surface area (Å²) in [5.41, 5.74) is 3.60. The Kier molecular flexibility index (Phi) is 4.58. The molecule has 0 aliphatic heterocycles. The summed E-state index contributed by atoms with van der Waals surface area (Å²) in [6, 6.07) is 24.3. The monoisotopic (exact) mass is 350 g/mol. The van der Waals surface area contributed by atoms with E-state index in [1.165, 1.54) is 6.42 Å². The lowest BCUT2D eigenvalue weighted by atomic mass is 9.88. The van der Waals surface area contributed by atoms with Crippen molar-refractivity contribution in [2.45, 2.75) is 0 Å². The average Bonchev–Trinajstić information content (AvgIpc) is 2.72. The van der Waals surface area contributed by atoms with Gasteiger partial charge in [-0.1, -0.05) is 84.9 Å². The van der Waals surface area contributed by atoms with Crippen LogP contribution in [0.15, 0.2) is 83.9 Å². The van der Waals surface area contributed by atoms with Crippen LogP contribution >= 0.6 is 0 Å². The number of benzene rings is 3. The van der Waals surface area contributed by atoms with Crippen LogP contribution in [0.5, 0.6) is 0 Å². The quantitative estimate of drug-likeness (QED) is 0.609. The van der Waals surface area contributed by atoms with Crippen LogP contribution in [-0.4, -0.2) is 17.3 Å². The van der Waals surface area contributed by atoms with Gasteiger partial charge in [0.15, 0.2) is 5.78 Å². The van der Waals surface area contributed by atoms with E-state index in [9.17, 15) is 9.59 Å². The summed E-state index contributed by atoms with van der Waals surface area (Å²) in [4.78, 5) is 29.5. The van der Waals surface area contributed by atoms with Crippen LogP contribution in [0.1, 0.15) is 31.8 Å². The van der Waals surface area contributed by atoms with Crippen molar-refractivity contribution in [3.63, 3.8) is 0 Å². The highest BCUT2D eigenvalue weighted by Gasteiger charge is 2.29. The van der Waals surface area contributed by atoms with Crippen molar-refractivity contribution in [2.75, 3.05) is 0 Å². The van der Waals surface area contributed by atoms with E-state index in [4.69, 9.17) is 0 Å². The van der Waals surface area contributed by atoms with Gasteiger partial charge in [0.2, 0.25) is 5.78 Å². The van der Waals surface area contributed by atoms with E-state index < -0.39 is 0 Å². The molecule has 3 aromatic carbocycles. The molecule has 1 radical (unpaired) electrons. The first-order valence-electron chi connectivity index (χ1n) is 8.66. The number of carbonyl (C=O) groups excluding carboxylic acids is 2. The van der Waals surface area contributed by atoms with Gasteiger partial charge in [-0.2, -0.15) is 0 Å². The molecule has 3 nitrogen and oxygen atoms in total. The molecule has 0 spiro atoms. The highest BCUT2D eigenvalue weighted by Crippen LogP contribution is 2.25. The summed E-state index contributed by atoms with van der Waals surface area (Å²) in [5, 5.41) is 0. The maximum Gasteiger partial charge on any atom is 0.208 e. The minimum Gasteiger partial charge on any atom is -0.293 e. The van der Waals surface area contributed by atoms with Crippen LogP contribution in [0.4, 0.5) is 5.69 Å². The minimum atomic E-state index is -0.230. The van der Waals surface area contributed by atoms with Gasteiger partial charge >= 0.3 is 0 Å². The first-order valence-corrected chi connectivity index (χ1v) is 8.66. The van der Waals surface area contributed by atoms with Gasteiger partial charge in [-0.3, -0.25) is 9.59 Å². The molecule has 0 heterocycles. The van der Waals surface area contributed by atoms with E-state index in [1.54, 1.807) is 24.3 Å². The molecular weight excluding hydrogens is 334 g/mol. The third-order valence-electron chi connectivity index (χ3n) is 4.37. The van der Waals surface area contributed by atoms with Crippen molar-refractivity contribution in [1.82, 2.24) is 0 Å². The molecule has 0 amide bonds. The zero-order valence-electron chi connectivity index (χ0n) is 14.5. The first kappa shape index (κ1) is 16.9. The molecule has 0 fully saturated rings. The first-order chi connectivity index (χ1) is 13.2. The predicted molar refractivity (Wildman–Crippen MR) is 108 cm³/mol. The summed E-state index contributed by atoms with van der Waals surface area (Å²) < 4.78 is 0. The van der Waals surface area contributed by atoms with Crippen molar-refractivity contribution < 1.29 is 9.59 Å². The fourth-order valence-electron chi connectivity index (χ4n) is 2.99. The van der Waals surface area contributed by atoms with E-state index in [-0.39, 0.29) is 17.3 Å². The molecule has 3 heteroatoms. The van der Waals surface area contributed by atoms with Gasteiger partial charge in [0.25, 0.3) is 0 Å². The van der Waals surface area contributed by atoms with Crippen molar-refractivity contribution in [3.05, 3.63) is 108 Å². The molecule has 27 heavy (non-hydrogen) atoms. The molecule has 1 aliphatic carbocycles. The van der Waals surface area contributed by atoms with E-state index in [0.717, 1.165) is 11.1 Å². The molecule has 0 atom stereocenters. The largest absolute Gasteiger partial charge is 0.293 e. The van der Waals surface area contributed by atoms with Crippen LogP contribution in [0.25, 0.3) is 12.2 Å². The van der Waals surface area contributed by atoms with Crippen LogP contribution in [0, 0.1) is 6.42 Å². The zero-order valence-corrected chi connectivity index (χ0v) is 14.5. The Morgan fingerprint density at radius 3 is 2.15 bits per heavy atom. The van der Waals surface area contributed by atoms with Gasteiger partial charge < -0.3 is 0 Å². The SMILES string of the molecule is O=C1[CH]C(=Nc2ccccc2/C=C/c2ccccc2)C(=O)c2ccccc21. The topological polar surface area (TPSA) is 46.5 Å². The van der Waals surface area contributed by atoms with Crippen molar-refractivity contribution >= 4 is 35.1 Å². The number of rotatable bonds is 3. The molecule has 4 rings (SSSR count). The molecule has 0 saturated heterocycles. The number of carbonyl (C=O) groups is 2. The Morgan fingerprint density at radius 2 is 1.33 bits per heavy atom. The van der Waals surface area contributed by atoms with Gasteiger partial charge in [-0.25, -0.2) is 4.99 Å². The summed E-state index contributed by atoms with van der Waals surface area (Å²) in [6.45, 7) is 0. The fourth-order valence-corrected chi connectivity index (χ4v) is 2.99. The Balaban J connectivity index is 1.70. The third kappa shape index (κ3) is 3.53. The molecule has 0 aromatic heterocycles. The van der Waals surface area contributed by atoms with Crippen molar-refractivity contribution in [1.29, 1.82) is 0 Å². The maximum absolute atomic E-state index is 12.7. The lowest BCUT2D eigenvalue weighted by molar-refractivity contribution is 0.0995. The van der Waals surface area contributed by atoms with E-state index in [2.05, 4.69) is 4.99 Å². The van der Waals surface area contributed by atoms with E-state index in [0.29, 0.717) is 16.8 Å². The number of nitrogens with zero attached hydrogens (tertiary/aromatic N) is 1. The summed E-state index contributed by atoms with van der Waals surface area (Å²) >= 11 is 0. The summed E-state index contributed by atoms with van der Waals surface area (Å²) in [7, 11) is 0. The fraction of sp³-hybridized carbons (Fsp3) is 0. The van der Waals surface area contributed by atoms with Crippen LogP contribution in [-0.2, 0) is 0 Å². The number of hydrogen-bond acceptors (Lipinski definition) is 3. The Morgan fingerprint density at radius 1 is 0.667 bits per heavy atom. The highest BCUT2D eigenvalue weighted by molar-refractivity contribution is 6.57. The zero-order chi connectivity index (χ0) is 18.6. The Hall–Kier alpha value is -3.59. The second-order valence-electron chi connectivity index (χ2n) is 6.18. The molecule has 0 saturated carbocycles. The third-order valence-corrected chi connectivity index (χ3v) is 4.37. The number of fused-ring (bicyclic) bond motifs is 1. The van der Waals surface area contributed by atoms with Gasteiger partial charge in [0.1, 0.15) is 5.71 Å². The molecule has 1 aliphatic rings. The number of para-hydroxylation sites is 1. The smallest absolute Gasteiger partial charge is 0.208 e. The Labute approximate surface area is 157 Å². The average molecular weight is 350 g/mol. The van der Waals surface area contributed by atoms with Gasteiger partial charge in [0.05, 0.1) is 12.1 Å². The van der Waals surface area contributed by atoms with E-state index >= 15 is 0 Å². The number of hydrogen-bond donors (Lipinski definition) is 0. The molecule has 3 aromatic rings. The molecular formula is C24H16NO2. The number of ketones is 2. The summed E-state index contributed by atoms with van der Waals surface area (Å²) in [5.74, 6) is -0.423. The molecule has 129 valence electrons. The second-order valence-corrected chi connectivity index (χ2v) is 6.18. The number of Topliss-reactive ketones (excluding diaryl/α,β-unsaturated/α-hetero) is 2. The van der Waals surface area contributed by atoms with E-state index in [1.807, 2.05) is 66.7 Å². The van der Waals surface area contributed by atoms with Gasteiger partial charge in [-0.15, -0.1) is 0 Å². The molecule has 0 unspecified atom stereocenters. The normalized spacial score (nSPS) is 15.3. The van der Waals surface area contributed by atoms with Gasteiger partial charge in [0, 0.05) is 16.7 Å². The Bertz CT molecular complexity index is 1080. The van der Waals surface area contributed by atoms with Crippen LogP contribution in [0.2, 0.25) is 0 Å². The van der Waals surface area contributed by atoms with Crippen molar-refractivity contribution in [3.8, 4) is 0 Å². The predicted octanol–water partition coefficient (Wildman–Crippen LogP) is 5.21. The minimum absolute atomic E-state index is 0.166. The molecule has 0 N–H and O–H groups in total. The van der Waals surface area contributed by atoms with Gasteiger partial charge in [-0.05, 0) is 11.6 Å². The summed E-state index contributed by atoms with van der Waals surface area (Å²) in [6.07, 6.45) is 5.27. The maximum atomic E-state index is 12.7. The molecule has 0 bridgehead atoms. The van der Waals surface area contributed by atoms with Crippen LogP contribution in [0.3, 0.4) is 0 Å². The lowest BCUT2D eigenvalue weighted by Crippen LogP contribution is -2.27.